The van der Waals surface area contributed by atoms with Crippen LogP contribution in [-0.4, -0.2) is 10.1 Å². The van der Waals surface area contributed by atoms with Crippen LogP contribution in [0.1, 0.15) is 36.5 Å². The van der Waals surface area contributed by atoms with Crippen molar-refractivity contribution in [2.75, 3.05) is 5.32 Å². The maximum absolute atomic E-state index is 14.1. The first-order valence-corrected chi connectivity index (χ1v) is 9.27. The van der Waals surface area contributed by atoms with Gasteiger partial charge >= 0.3 is 0 Å². The van der Waals surface area contributed by atoms with Crippen LogP contribution < -0.4 is 10.6 Å². The Balaban J connectivity index is 1.79. The minimum absolute atomic E-state index is 0.146. The fourth-order valence-electron chi connectivity index (χ4n) is 2.93. The molecule has 6 heteroatoms. The van der Waals surface area contributed by atoms with Gasteiger partial charge in [0.05, 0.1) is 5.69 Å². The monoisotopic (exact) mass is 395 g/mol. The molecule has 3 N–H and O–H groups in total. The Labute approximate surface area is 168 Å². The first kappa shape index (κ1) is 20.3. The van der Waals surface area contributed by atoms with Gasteiger partial charge in [-0.25, -0.2) is 13.8 Å². The van der Waals surface area contributed by atoms with Crippen LogP contribution >= 0.6 is 0 Å². The molecule has 0 unspecified atom stereocenters. The van der Waals surface area contributed by atoms with E-state index < -0.39 is 11.6 Å². The van der Waals surface area contributed by atoms with E-state index in [4.69, 9.17) is 0 Å². The van der Waals surface area contributed by atoms with Crippen molar-refractivity contribution >= 4 is 17.2 Å². The molecule has 0 saturated heterocycles. The second-order valence-electron chi connectivity index (χ2n) is 7.03. The van der Waals surface area contributed by atoms with E-state index >= 15 is 0 Å². The van der Waals surface area contributed by atoms with Crippen LogP contribution in [0.25, 0.3) is 5.70 Å². The molecule has 0 aliphatic carbocycles. The standard InChI is InChI=1S/C23H23F2N3O/c1-14(2)18-11-22(28-20-5-4-6-21(29)23(20)25)27-13-19(18)15(3)26-12-16-7-9-17(24)10-8-16/h4-11,13-14,26,29H,3,12H2,1-2H3,(H,27,28). The summed E-state index contributed by atoms with van der Waals surface area (Å²) in [5.74, 6) is -0.783. The normalized spacial score (nSPS) is 10.8. The van der Waals surface area contributed by atoms with Gasteiger partial charge in [0.1, 0.15) is 11.6 Å². The highest BCUT2D eigenvalue weighted by atomic mass is 19.1. The average molecular weight is 395 g/mol. The SMILES string of the molecule is C=C(NCc1ccc(F)cc1)c1cnc(Nc2cccc(O)c2F)cc1C(C)C. The molecule has 0 amide bonds. The molecule has 4 nitrogen and oxygen atoms in total. The number of rotatable bonds is 7. The highest BCUT2D eigenvalue weighted by molar-refractivity contribution is 5.68. The third-order valence-corrected chi connectivity index (χ3v) is 4.54. The summed E-state index contributed by atoms with van der Waals surface area (Å²) in [5.41, 5.74) is 3.61. The number of pyridine rings is 1. The molecule has 1 heterocycles. The van der Waals surface area contributed by atoms with E-state index in [0.717, 1.165) is 16.7 Å². The van der Waals surface area contributed by atoms with Crippen LogP contribution in [-0.2, 0) is 6.54 Å². The third kappa shape index (κ3) is 4.90. The highest BCUT2D eigenvalue weighted by Gasteiger charge is 2.13. The molecular weight excluding hydrogens is 372 g/mol. The van der Waals surface area contributed by atoms with Crippen LogP contribution in [0.15, 0.2) is 61.3 Å². The van der Waals surface area contributed by atoms with Crippen molar-refractivity contribution in [3.63, 3.8) is 0 Å². The number of aromatic hydroxyl groups is 1. The predicted molar refractivity (Wildman–Crippen MR) is 112 cm³/mol. The van der Waals surface area contributed by atoms with Crippen molar-refractivity contribution < 1.29 is 13.9 Å². The van der Waals surface area contributed by atoms with Gasteiger partial charge in [-0.05, 0) is 47.4 Å². The summed E-state index contributed by atoms with van der Waals surface area (Å²) in [5, 5.41) is 15.7. The molecular formula is C23H23F2N3O. The van der Waals surface area contributed by atoms with Gasteiger partial charge in [-0.15, -0.1) is 0 Å². The first-order valence-electron chi connectivity index (χ1n) is 9.27. The number of nitrogens with zero attached hydrogens (tertiary/aromatic N) is 1. The minimum atomic E-state index is -0.727. The van der Waals surface area contributed by atoms with Crippen LogP contribution in [0.4, 0.5) is 20.3 Å². The first-order chi connectivity index (χ1) is 13.8. The second-order valence-corrected chi connectivity index (χ2v) is 7.03. The topological polar surface area (TPSA) is 57.2 Å². The molecule has 0 aliphatic heterocycles. The lowest BCUT2D eigenvalue weighted by molar-refractivity contribution is 0.434. The van der Waals surface area contributed by atoms with Gasteiger partial charge in [0.15, 0.2) is 11.6 Å². The number of hydrogen-bond acceptors (Lipinski definition) is 4. The molecule has 29 heavy (non-hydrogen) atoms. The van der Waals surface area contributed by atoms with E-state index in [1.54, 1.807) is 24.4 Å². The number of nitrogens with one attached hydrogen (secondary N) is 2. The van der Waals surface area contributed by atoms with Gasteiger partial charge in [-0.1, -0.05) is 38.6 Å². The number of phenolic OH excluding ortho intramolecular Hbond substituents is 1. The quantitative estimate of drug-likeness (QED) is 0.481. The number of aromatic nitrogens is 1. The van der Waals surface area contributed by atoms with Crippen LogP contribution in [0.3, 0.4) is 0 Å². The van der Waals surface area contributed by atoms with Crippen LogP contribution in [0, 0.1) is 11.6 Å². The lowest BCUT2D eigenvalue weighted by Gasteiger charge is -2.18. The molecule has 0 fully saturated rings. The Bertz CT molecular complexity index is 1020. The van der Waals surface area contributed by atoms with Crippen molar-refractivity contribution in [3.05, 3.63) is 89.6 Å². The Morgan fingerprint density at radius 1 is 1.14 bits per heavy atom. The molecule has 0 aliphatic rings. The summed E-state index contributed by atoms with van der Waals surface area (Å²) >= 11 is 0. The van der Waals surface area contributed by atoms with Gasteiger partial charge in [0.2, 0.25) is 0 Å². The van der Waals surface area contributed by atoms with Gasteiger partial charge in [0, 0.05) is 24.0 Å². The number of halogens is 2. The summed E-state index contributed by atoms with van der Waals surface area (Å²) < 4.78 is 27.1. The maximum atomic E-state index is 14.1. The molecule has 0 saturated carbocycles. The van der Waals surface area contributed by atoms with Gasteiger partial charge in [-0.3, -0.25) is 0 Å². The fourth-order valence-corrected chi connectivity index (χ4v) is 2.93. The smallest absolute Gasteiger partial charge is 0.188 e. The average Bonchev–Trinajstić information content (AvgIpc) is 2.70. The summed E-state index contributed by atoms with van der Waals surface area (Å²) in [6.45, 7) is 8.70. The van der Waals surface area contributed by atoms with Gasteiger partial charge in [0.25, 0.3) is 0 Å². The van der Waals surface area contributed by atoms with Crippen molar-refractivity contribution in [1.29, 1.82) is 0 Å². The Kier molecular flexibility index (Phi) is 6.12. The second kappa shape index (κ2) is 8.73. The fraction of sp³-hybridized carbons (Fsp3) is 0.174. The zero-order valence-corrected chi connectivity index (χ0v) is 16.3. The van der Waals surface area contributed by atoms with E-state index in [-0.39, 0.29) is 17.4 Å². The predicted octanol–water partition coefficient (Wildman–Crippen LogP) is 5.69. The van der Waals surface area contributed by atoms with Gasteiger partial charge in [-0.2, -0.15) is 0 Å². The molecule has 0 radical (unpaired) electrons. The largest absolute Gasteiger partial charge is 0.505 e. The maximum Gasteiger partial charge on any atom is 0.188 e. The molecule has 3 rings (SSSR count). The Morgan fingerprint density at radius 3 is 2.55 bits per heavy atom. The van der Waals surface area contributed by atoms with Crippen LogP contribution in [0.5, 0.6) is 5.75 Å². The summed E-state index contributed by atoms with van der Waals surface area (Å²) in [7, 11) is 0. The van der Waals surface area contributed by atoms with Crippen molar-refractivity contribution in [2.45, 2.75) is 26.3 Å². The molecule has 0 bridgehead atoms. The molecule has 2 aromatic carbocycles. The number of phenols is 1. The van der Waals surface area contributed by atoms with Crippen molar-refractivity contribution in [1.82, 2.24) is 10.3 Å². The van der Waals surface area contributed by atoms with E-state index in [9.17, 15) is 13.9 Å². The van der Waals surface area contributed by atoms with Crippen molar-refractivity contribution in [3.8, 4) is 5.75 Å². The van der Waals surface area contributed by atoms with Gasteiger partial charge < -0.3 is 15.7 Å². The molecule has 150 valence electrons. The zero-order chi connectivity index (χ0) is 21.0. The molecule has 0 spiro atoms. The number of hydrogen-bond donors (Lipinski definition) is 3. The van der Waals surface area contributed by atoms with E-state index in [1.807, 2.05) is 19.9 Å². The lowest BCUT2D eigenvalue weighted by Crippen LogP contribution is -2.13. The Hall–Kier alpha value is -3.41. The Morgan fingerprint density at radius 2 is 1.86 bits per heavy atom. The van der Waals surface area contributed by atoms with Crippen molar-refractivity contribution in [2.24, 2.45) is 0 Å². The van der Waals surface area contributed by atoms with E-state index in [0.29, 0.717) is 18.1 Å². The summed E-state index contributed by atoms with van der Waals surface area (Å²) in [6, 6.07) is 12.5. The number of benzene rings is 2. The zero-order valence-electron chi connectivity index (χ0n) is 16.3. The molecule has 1 aromatic heterocycles. The molecule has 3 aromatic rings. The van der Waals surface area contributed by atoms with E-state index in [2.05, 4.69) is 22.2 Å². The van der Waals surface area contributed by atoms with E-state index in [1.165, 1.54) is 24.3 Å². The lowest BCUT2D eigenvalue weighted by atomic mass is 9.97. The summed E-state index contributed by atoms with van der Waals surface area (Å²) in [4.78, 5) is 4.37. The van der Waals surface area contributed by atoms with Crippen LogP contribution in [0.2, 0.25) is 0 Å². The third-order valence-electron chi connectivity index (χ3n) is 4.54. The minimum Gasteiger partial charge on any atom is -0.505 e. The highest BCUT2D eigenvalue weighted by Crippen LogP contribution is 2.29. The summed E-state index contributed by atoms with van der Waals surface area (Å²) in [6.07, 6.45) is 1.68. The molecule has 0 atom stereocenters. The number of anilines is 2.